The zero-order valence-corrected chi connectivity index (χ0v) is 17.8. The van der Waals surface area contributed by atoms with Crippen molar-refractivity contribution in [2.24, 2.45) is 0 Å². The Bertz CT molecular complexity index is 929. The summed E-state index contributed by atoms with van der Waals surface area (Å²) in [6, 6.07) is 13.4. The van der Waals surface area contributed by atoms with Crippen molar-refractivity contribution in [1.82, 2.24) is 9.88 Å². The summed E-state index contributed by atoms with van der Waals surface area (Å²) >= 11 is 0. The largest absolute Gasteiger partial charge is 0.366 e. The third-order valence-electron chi connectivity index (χ3n) is 5.58. The van der Waals surface area contributed by atoms with Crippen LogP contribution in [0.1, 0.15) is 41.4 Å². The maximum Gasteiger partial charge on any atom is 0.255 e. The number of pyridine rings is 1. The van der Waals surface area contributed by atoms with Crippen molar-refractivity contribution in [2.45, 2.75) is 37.9 Å². The van der Waals surface area contributed by atoms with Crippen LogP contribution in [0.3, 0.4) is 0 Å². The molecule has 1 atom stereocenters. The number of aryl methyl sites for hydroxylation is 2. The molecule has 7 heteroatoms. The minimum atomic E-state index is -3.54. The van der Waals surface area contributed by atoms with Crippen molar-refractivity contribution in [3.05, 3.63) is 65.5 Å². The fourth-order valence-electron chi connectivity index (χ4n) is 3.74. The first-order chi connectivity index (χ1) is 13.9. The number of nitrogens with zero attached hydrogens (tertiary/aromatic N) is 2. The van der Waals surface area contributed by atoms with Crippen LogP contribution in [0, 0.1) is 6.92 Å². The summed E-state index contributed by atoms with van der Waals surface area (Å²) in [4.78, 5) is 18.7. The van der Waals surface area contributed by atoms with Crippen molar-refractivity contribution in [3.8, 4) is 0 Å². The van der Waals surface area contributed by atoms with Gasteiger partial charge in [0, 0.05) is 31.6 Å². The van der Waals surface area contributed by atoms with Crippen molar-refractivity contribution in [3.63, 3.8) is 0 Å². The highest BCUT2D eigenvalue weighted by Gasteiger charge is 2.49. The molecule has 1 aliphatic heterocycles. The van der Waals surface area contributed by atoms with Gasteiger partial charge in [-0.2, -0.15) is 0 Å². The third-order valence-corrected chi connectivity index (χ3v) is 7.91. The number of sulfone groups is 1. The van der Waals surface area contributed by atoms with E-state index in [4.69, 9.17) is 4.74 Å². The topological polar surface area (TPSA) is 76.6 Å². The van der Waals surface area contributed by atoms with Gasteiger partial charge in [0.2, 0.25) is 0 Å². The average Bonchev–Trinajstić information content (AvgIpc) is 3.18. The molecule has 2 aromatic rings. The number of ether oxygens (including phenoxy) is 1. The molecule has 0 N–H and O–H groups in total. The van der Waals surface area contributed by atoms with Crippen LogP contribution in [0.15, 0.2) is 48.7 Å². The number of rotatable bonds is 8. The van der Waals surface area contributed by atoms with Gasteiger partial charge in [0.25, 0.3) is 5.91 Å². The zero-order chi connectivity index (χ0) is 20.9. The molecule has 2 heterocycles. The Balaban J connectivity index is 1.82. The second kappa shape index (κ2) is 9.05. The van der Waals surface area contributed by atoms with E-state index in [1.807, 2.05) is 37.3 Å². The Kier molecular flexibility index (Phi) is 6.70. The van der Waals surface area contributed by atoms with E-state index in [0.29, 0.717) is 38.0 Å². The second-order valence-electron chi connectivity index (χ2n) is 7.56. The zero-order valence-electron chi connectivity index (χ0n) is 17.0. The van der Waals surface area contributed by atoms with Crippen molar-refractivity contribution in [2.75, 3.05) is 25.6 Å². The number of amides is 1. The molecule has 6 nitrogen and oxygen atoms in total. The molecule has 1 aliphatic rings. The minimum Gasteiger partial charge on any atom is -0.366 e. The molecule has 1 fully saturated rings. The van der Waals surface area contributed by atoms with Gasteiger partial charge in [-0.25, -0.2) is 8.42 Å². The van der Waals surface area contributed by atoms with Gasteiger partial charge in [-0.05, 0) is 50.8 Å². The van der Waals surface area contributed by atoms with Gasteiger partial charge in [0.05, 0.1) is 10.3 Å². The number of hydrogen-bond donors (Lipinski definition) is 0. The molecule has 1 amide bonds. The molecule has 0 unspecified atom stereocenters. The molecule has 1 saturated heterocycles. The lowest BCUT2D eigenvalue weighted by atomic mass is 9.98. The summed E-state index contributed by atoms with van der Waals surface area (Å²) in [5.41, 5.74) is 2.40. The third kappa shape index (κ3) is 4.85. The standard InChI is InChI=1S/C22H28N2O4S/c1-3-28-17-29(26,27)22(12-11-19-7-5-4-6-8-19)13-14-24(16-22)21(25)20-10-9-18(2)23-15-20/h4-10,15H,3,11-14,16-17H2,1-2H3/t22-/m1/s1. The van der Waals surface area contributed by atoms with Gasteiger partial charge in [-0.15, -0.1) is 0 Å². The van der Waals surface area contributed by atoms with Crippen LogP contribution in [0.25, 0.3) is 0 Å². The summed E-state index contributed by atoms with van der Waals surface area (Å²) in [6.45, 7) is 4.57. The number of carbonyl (C=O) groups is 1. The highest BCUT2D eigenvalue weighted by Crippen LogP contribution is 2.36. The molecular formula is C22H28N2O4S. The predicted octanol–water partition coefficient (Wildman–Crippen LogP) is 3.02. The summed E-state index contributed by atoms with van der Waals surface area (Å²) in [7, 11) is -3.54. The monoisotopic (exact) mass is 416 g/mol. The van der Waals surface area contributed by atoms with E-state index in [0.717, 1.165) is 11.3 Å². The van der Waals surface area contributed by atoms with E-state index < -0.39 is 14.6 Å². The summed E-state index contributed by atoms with van der Waals surface area (Å²) in [5, 5.41) is 0. The molecular weight excluding hydrogens is 388 g/mol. The number of carbonyl (C=O) groups excluding carboxylic acids is 1. The lowest BCUT2D eigenvalue weighted by molar-refractivity contribution is 0.0787. The van der Waals surface area contributed by atoms with E-state index in [2.05, 4.69) is 4.98 Å². The quantitative estimate of drug-likeness (QED) is 0.661. The van der Waals surface area contributed by atoms with E-state index >= 15 is 0 Å². The molecule has 1 aromatic heterocycles. The van der Waals surface area contributed by atoms with Gasteiger partial charge in [0.1, 0.15) is 5.94 Å². The Hall–Kier alpha value is -2.25. The second-order valence-corrected chi connectivity index (χ2v) is 9.89. The lowest BCUT2D eigenvalue weighted by Crippen LogP contribution is -2.45. The summed E-state index contributed by atoms with van der Waals surface area (Å²) < 4.78 is 30.7. The summed E-state index contributed by atoms with van der Waals surface area (Å²) in [5.74, 6) is -0.488. The van der Waals surface area contributed by atoms with Crippen molar-refractivity contribution < 1.29 is 17.9 Å². The van der Waals surface area contributed by atoms with Crippen LogP contribution >= 0.6 is 0 Å². The van der Waals surface area contributed by atoms with Gasteiger partial charge < -0.3 is 9.64 Å². The average molecular weight is 417 g/mol. The van der Waals surface area contributed by atoms with Crippen LogP contribution < -0.4 is 0 Å². The highest BCUT2D eigenvalue weighted by atomic mass is 32.2. The van der Waals surface area contributed by atoms with Gasteiger partial charge in [-0.3, -0.25) is 9.78 Å². The first-order valence-corrected chi connectivity index (χ1v) is 11.6. The number of likely N-dealkylation sites (tertiary alicyclic amines) is 1. The minimum absolute atomic E-state index is 0.175. The van der Waals surface area contributed by atoms with Crippen LogP contribution in [-0.2, 0) is 21.0 Å². The SMILES string of the molecule is CCOCS(=O)(=O)[C@]1(CCc2ccccc2)CCN(C(=O)c2ccc(C)nc2)C1. The van der Waals surface area contributed by atoms with Gasteiger partial charge in [-0.1, -0.05) is 30.3 Å². The first kappa shape index (κ1) is 21.5. The molecule has 0 saturated carbocycles. The van der Waals surface area contributed by atoms with Gasteiger partial charge >= 0.3 is 0 Å². The first-order valence-electron chi connectivity index (χ1n) is 9.93. The number of hydrogen-bond acceptors (Lipinski definition) is 5. The van der Waals surface area contributed by atoms with E-state index in [1.165, 1.54) is 0 Å². The molecule has 0 spiro atoms. The van der Waals surface area contributed by atoms with Crippen LogP contribution in [-0.4, -0.2) is 54.6 Å². The predicted molar refractivity (Wildman–Crippen MR) is 112 cm³/mol. The lowest BCUT2D eigenvalue weighted by Gasteiger charge is -2.29. The molecule has 0 radical (unpaired) electrons. The number of benzene rings is 1. The smallest absolute Gasteiger partial charge is 0.255 e. The fraction of sp³-hybridized carbons (Fsp3) is 0.455. The van der Waals surface area contributed by atoms with E-state index in [9.17, 15) is 13.2 Å². The maximum absolute atomic E-state index is 13.2. The van der Waals surface area contributed by atoms with Gasteiger partial charge in [0.15, 0.2) is 9.84 Å². The highest BCUT2D eigenvalue weighted by molar-refractivity contribution is 7.92. The fourth-order valence-corrected chi connectivity index (χ4v) is 5.55. The molecule has 29 heavy (non-hydrogen) atoms. The van der Waals surface area contributed by atoms with Crippen LogP contribution in [0.2, 0.25) is 0 Å². The Morgan fingerprint density at radius 2 is 1.97 bits per heavy atom. The van der Waals surface area contributed by atoms with Crippen molar-refractivity contribution >= 4 is 15.7 Å². The molecule has 156 valence electrons. The van der Waals surface area contributed by atoms with Crippen molar-refractivity contribution in [1.29, 1.82) is 0 Å². The van der Waals surface area contributed by atoms with E-state index in [1.54, 1.807) is 30.2 Å². The normalized spacial score (nSPS) is 19.4. The molecule has 0 bridgehead atoms. The number of aromatic nitrogens is 1. The van der Waals surface area contributed by atoms with Crippen LogP contribution in [0.5, 0.6) is 0 Å². The van der Waals surface area contributed by atoms with E-state index in [-0.39, 0.29) is 18.4 Å². The Morgan fingerprint density at radius 3 is 2.62 bits per heavy atom. The molecule has 0 aliphatic carbocycles. The molecule has 1 aromatic carbocycles. The Morgan fingerprint density at radius 1 is 1.21 bits per heavy atom. The Labute approximate surface area is 172 Å². The summed E-state index contributed by atoms with van der Waals surface area (Å²) in [6.07, 6.45) is 3.07. The maximum atomic E-state index is 13.2. The van der Waals surface area contributed by atoms with Crippen LogP contribution in [0.4, 0.5) is 0 Å². The molecule has 3 rings (SSSR count).